The molecule has 40 heavy (non-hydrogen) atoms. The second-order valence-electron chi connectivity index (χ2n) is 11.1. The van der Waals surface area contributed by atoms with Crippen LogP contribution >= 0.6 is 0 Å². The molecule has 5 aromatic carbocycles. The lowest BCUT2D eigenvalue weighted by Gasteiger charge is -2.13. The predicted octanol–water partition coefficient (Wildman–Crippen LogP) is 10.1. The first-order valence-corrected chi connectivity index (χ1v) is 13.9. The third-order valence-corrected chi connectivity index (χ3v) is 8.00. The van der Waals surface area contributed by atoms with Gasteiger partial charge in [0.2, 0.25) is 0 Å². The molecule has 0 bridgehead atoms. The largest absolute Gasteiger partial charge is 0.309 e. The van der Waals surface area contributed by atoms with E-state index in [1.165, 1.54) is 77.9 Å². The zero-order valence-corrected chi connectivity index (χ0v) is 23.4. The van der Waals surface area contributed by atoms with E-state index in [0.717, 1.165) is 0 Å². The Balaban J connectivity index is 1.54. The summed E-state index contributed by atoms with van der Waals surface area (Å²) < 4.78 is 4.82. The van der Waals surface area contributed by atoms with Crippen LogP contribution in [0.3, 0.4) is 0 Å². The molecule has 2 heterocycles. The summed E-state index contributed by atoms with van der Waals surface area (Å²) in [6.45, 7) is 8.56. The quantitative estimate of drug-likeness (QED) is 0.220. The fraction of sp³-hybridized carbons (Fsp3) is 0.105. The monoisotopic (exact) mass is 516 g/mol. The molecule has 0 saturated carbocycles. The van der Waals surface area contributed by atoms with Gasteiger partial charge in [0.25, 0.3) is 0 Å². The van der Waals surface area contributed by atoms with Gasteiger partial charge in [0.15, 0.2) is 0 Å². The van der Waals surface area contributed by atoms with Gasteiger partial charge in [-0.25, -0.2) is 0 Å². The van der Waals surface area contributed by atoms with E-state index in [0.29, 0.717) is 0 Å². The number of fused-ring (bicyclic) bond motifs is 2. The molecule has 0 radical (unpaired) electrons. The van der Waals surface area contributed by atoms with Gasteiger partial charge < -0.3 is 9.13 Å². The minimum Gasteiger partial charge on any atom is -0.309 e. The van der Waals surface area contributed by atoms with Gasteiger partial charge in [0, 0.05) is 22.1 Å². The molecular formula is C38H32N2. The fourth-order valence-electron chi connectivity index (χ4n) is 5.73. The Bertz CT molecular complexity index is 1830. The van der Waals surface area contributed by atoms with Crippen LogP contribution in [0.15, 0.2) is 121 Å². The average Bonchev–Trinajstić information content (AvgIpc) is 3.51. The van der Waals surface area contributed by atoms with Crippen molar-refractivity contribution in [3.63, 3.8) is 0 Å². The molecule has 7 aromatic rings. The van der Waals surface area contributed by atoms with E-state index in [-0.39, 0.29) is 0 Å². The third kappa shape index (κ3) is 4.13. The first kappa shape index (κ1) is 24.2. The number of aryl methyl sites for hydroxylation is 4. The first-order chi connectivity index (χ1) is 19.4. The van der Waals surface area contributed by atoms with Gasteiger partial charge in [-0.1, -0.05) is 95.1 Å². The van der Waals surface area contributed by atoms with E-state index in [2.05, 4.69) is 158 Å². The number of nitrogens with zero attached hydrogens (tertiary/aromatic N) is 2. The van der Waals surface area contributed by atoms with Crippen molar-refractivity contribution in [1.29, 1.82) is 0 Å². The van der Waals surface area contributed by atoms with Crippen molar-refractivity contribution in [2.75, 3.05) is 0 Å². The van der Waals surface area contributed by atoms with E-state index in [9.17, 15) is 0 Å². The molecule has 2 heteroatoms. The lowest BCUT2D eigenvalue weighted by Crippen LogP contribution is -1.98. The Labute approximate surface area is 235 Å². The van der Waals surface area contributed by atoms with Crippen LogP contribution in [0.2, 0.25) is 0 Å². The van der Waals surface area contributed by atoms with Crippen LogP contribution in [0.4, 0.5) is 0 Å². The molecule has 2 nitrogen and oxygen atoms in total. The Hall–Kier alpha value is -4.82. The van der Waals surface area contributed by atoms with Gasteiger partial charge in [-0.05, 0) is 87.4 Å². The second-order valence-corrected chi connectivity index (χ2v) is 11.1. The maximum Gasteiger partial charge on any atom is 0.0542 e. The highest BCUT2D eigenvalue weighted by Crippen LogP contribution is 2.38. The Morgan fingerprint density at radius 1 is 0.350 bits per heavy atom. The molecule has 0 amide bonds. The van der Waals surface area contributed by atoms with Crippen LogP contribution in [0.1, 0.15) is 22.3 Å². The summed E-state index contributed by atoms with van der Waals surface area (Å²) in [5.41, 5.74) is 14.7. The van der Waals surface area contributed by atoms with Gasteiger partial charge >= 0.3 is 0 Å². The van der Waals surface area contributed by atoms with Crippen molar-refractivity contribution in [3.05, 3.63) is 144 Å². The van der Waals surface area contributed by atoms with Crippen molar-refractivity contribution in [2.45, 2.75) is 27.7 Å². The lowest BCUT2D eigenvalue weighted by molar-refractivity contribution is 1.13. The van der Waals surface area contributed by atoms with Gasteiger partial charge in [-0.2, -0.15) is 0 Å². The molecule has 0 aliphatic heterocycles. The Morgan fingerprint density at radius 3 is 0.975 bits per heavy atom. The van der Waals surface area contributed by atoms with Gasteiger partial charge in [0.1, 0.15) is 0 Å². The van der Waals surface area contributed by atoms with Crippen molar-refractivity contribution in [1.82, 2.24) is 9.13 Å². The summed E-state index contributed by atoms with van der Waals surface area (Å²) in [4.78, 5) is 0. The molecule has 0 aliphatic rings. The van der Waals surface area contributed by atoms with Crippen LogP contribution in [-0.4, -0.2) is 9.13 Å². The number of rotatable bonds is 4. The van der Waals surface area contributed by atoms with Gasteiger partial charge in [-0.15, -0.1) is 0 Å². The average molecular weight is 517 g/mol. The fourth-order valence-corrected chi connectivity index (χ4v) is 5.73. The molecule has 0 N–H and O–H groups in total. The maximum absolute atomic E-state index is 2.41. The molecule has 0 aliphatic carbocycles. The molecule has 0 saturated heterocycles. The van der Waals surface area contributed by atoms with Crippen molar-refractivity contribution in [2.24, 2.45) is 0 Å². The van der Waals surface area contributed by atoms with Crippen LogP contribution in [0.25, 0.3) is 55.7 Å². The highest BCUT2D eigenvalue weighted by atomic mass is 15.0. The molecular weight excluding hydrogens is 484 g/mol. The number of benzene rings is 5. The summed E-state index contributed by atoms with van der Waals surface area (Å²) in [7, 11) is 0. The molecule has 2 aromatic heterocycles. The van der Waals surface area contributed by atoms with Gasteiger partial charge in [0.05, 0.1) is 22.4 Å². The zero-order valence-electron chi connectivity index (χ0n) is 23.4. The predicted molar refractivity (Wildman–Crippen MR) is 170 cm³/mol. The van der Waals surface area contributed by atoms with Crippen molar-refractivity contribution in [3.8, 4) is 33.9 Å². The van der Waals surface area contributed by atoms with Crippen LogP contribution in [0, 0.1) is 27.7 Å². The standard InChI is InChI=1S/C38H32N2/c1-25-5-13-29(14-6-25)35-21-31-23-38-32(24-37(31)39(35)33-17-9-27(3)10-18-33)22-36(30-15-7-26(2)8-16-30)40(38)34-19-11-28(4)12-20-34/h5-24H,1-4H3. The first-order valence-electron chi connectivity index (χ1n) is 13.9. The number of hydrogen-bond acceptors (Lipinski definition) is 0. The van der Waals surface area contributed by atoms with E-state index < -0.39 is 0 Å². The topological polar surface area (TPSA) is 9.86 Å². The normalized spacial score (nSPS) is 11.5. The van der Waals surface area contributed by atoms with Gasteiger partial charge in [-0.3, -0.25) is 0 Å². The highest BCUT2D eigenvalue weighted by Gasteiger charge is 2.18. The third-order valence-electron chi connectivity index (χ3n) is 8.00. The summed E-state index contributed by atoms with van der Waals surface area (Å²) in [5, 5.41) is 2.45. The number of hydrogen-bond donors (Lipinski definition) is 0. The summed E-state index contributed by atoms with van der Waals surface area (Å²) in [6, 6.07) is 44.8. The van der Waals surface area contributed by atoms with Crippen molar-refractivity contribution < 1.29 is 0 Å². The molecule has 7 rings (SSSR count). The van der Waals surface area contributed by atoms with E-state index >= 15 is 0 Å². The Kier molecular flexibility index (Phi) is 5.71. The summed E-state index contributed by atoms with van der Waals surface area (Å²) >= 11 is 0. The van der Waals surface area contributed by atoms with E-state index in [1.807, 2.05) is 0 Å². The van der Waals surface area contributed by atoms with E-state index in [1.54, 1.807) is 0 Å². The molecule has 0 spiro atoms. The van der Waals surface area contributed by atoms with Crippen LogP contribution in [0.5, 0.6) is 0 Å². The maximum atomic E-state index is 2.41. The molecule has 194 valence electrons. The molecule has 0 fully saturated rings. The molecule has 0 atom stereocenters. The van der Waals surface area contributed by atoms with Crippen LogP contribution in [-0.2, 0) is 0 Å². The Morgan fingerprint density at radius 2 is 0.650 bits per heavy atom. The minimum absolute atomic E-state index is 1.17. The highest BCUT2D eigenvalue weighted by molar-refractivity contribution is 6.02. The minimum atomic E-state index is 1.17. The van der Waals surface area contributed by atoms with Crippen LogP contribution < -0.4 is 0 Å². The second kappa shape index (κ2) is 9.43. The summed E-state index contributed by atoms with van der Waals surface area (Å²) in [6.07, 6.45) is 0. The number of aromatic nitrogens is 2. The van der Waals surface area contributed by atoms with E-state index in [4.69, 9.17) is 0 Å². The molecule has 0 unspecified atom stereocenters. The zero-order chi connectivity index (χ0) is 27.4. The lowest BCUT2D eigenvalue weighted by atomic mass is 10.1. The van der Waals surface area contributed by atoms with Crippen molar-refractivity contribution >= 4 is 21.8 Å². The smallest absolute Gasteiger partial charge is 0.0542 e. The SMILES string of the molecule is Cc1ccc(-c2cc3cc4c(cc(-c5ccc(C)cc5)n4-c4ccc(C)cc4)cc3n2-c2ccc(C)cc2)cc1. The summed E-state index contributed by atoms with van der Waals surface area (Å²) in [5.74, 6) is 0.